The smallest absolute Gasteiger partial charge is 0.652 e. The zero-order valence-corrected chi connectivity index (χ0v) is 9.36. The molecule has 0 fully saturated rings. The Morgan fingerprint density at radius 1 is 1.29 bits per heavy atom. The molecule has 0 saturated carbocycles. The van der Waals surface area contributed by atoms with Crippen molar-refractivity contribution < 1.29 is 60.7 Å². The molecular weight excluding hydrogens is 231 g/mol. The Balaban J connectivity index is -0.0000000150. The standard InChI is InChI=1S/CH2O3.H3N.Zn.Zr/c2-1(3)4;;;/h(H2,2,3,4);1H3;;/q;;2*+2/p-1. The number of quaternary nitrogens is 1. The van der Waals surface area contributed by atoms with E-state index < -0.39 is 6.16 Å². The van der Waals surface area contributed by atoms with Crippen molar-refractivity contribution in [3.8, 4) is 0 Å². The van der Waals surface area contributed by atoms with Crippen LogP contribution in [0.25, 0.3) is 0 Å². The number of carboxylic acid groups (broad SMARTS) is 2. The molecule has 0 amide bonds. The minimum absolute atomic E-state index is 0. The van der Waals surface area contributed by atoms with E-state index in [1.807, 2.05) is 0 Å². The molecule has 0 saturated heterocycles. The monoisotopic (exact) mass is 232 g/mol. The number of carbonyl (C=O) groups excluding carboxylic acids is 1. The molecule has 0 heterocycles. The molecule has 4 N–H and O–H groups in total. The molecule has 6 heteroatoms. The quantitative estimate of drug-likeness (QED) is 0.487. The second-order valence-electron chi connectivity index (χ2n) is 0.250. The van der Waals surface area contributed by atoms with Gasteiger partial charge in [-0.25, -0.2) is 0 Å². The number of carbonyl (C=O) groups is 1. The first-order valence-electron chi connectivity index (χ1n) is 0.612. The summed E-state index contributed by atoms with van der Waals surface area (Å²) >= 11 is 0. The van der Waals surface area contributed by atoms with Crippen molar-refractivity contribution in [3.05, 3.63) is 0 Å². The maximum Gasteiger partial charge on any atom is 2.00 e. The Labute approximate surface area is 72.8 Å². The third kappa shape index (κ3) is 279. The van der Waals surface area contributed by atoms with Crippen LogP contribution in [0.5, 0.6) is 0 Å². The average molecular weight is 235 g/mol. The molecule has 0 rings (SSSR count). The van der Waals surface area contributed by atoms with Gasteiger partial charge < -0.3 is 21.2 Å². The SMILES string of the molecule is O=C([O-])[O-].[NH4+].[Zn+2].[Zr+2]. The van der Waals surface area contributed by atoms with Crippen LogP contribution in [0.3, 0.4) is 0 Å². The van der Waals surface area contributed by atoms with Crippen LogP contribution in [0.4, 0.5) is 4.79 Å². The number of rotatable bonds is 0. The second-order valence-corrected chi connectivity index (χ2v) is 0.250. The van der Waals surface area contributed by atoms with Crippen LogP contribution >= 0.6 is 0 Å². The molecule has 7 heavy (non-hydrogen) atoms. The summed E-state index contributed by atoms with van der Waals surface area (Å²) in [7, 11) is 0. The molecule has 0 aromatic heterocycles. The van der Waals surface area contributed by atoms with Gasteiger partial charge >= 0.3 is 45.7 Å². The fourth-order valence-corrected chi connectivity index (χ4v) is 0. The summed E-state index contributed by atoms with van der Waals surface area (Å²) in [6.07, 6.45) is -2.33. The molecule has 4 nitrogen and oxygen atoms in total. The van der Waals surface area contributed by atoms with Gasteiger partial charge in [-0.3, -0.25) is 0 Å². The fraction of sp³-hybridized carbons (Fsp3) is 0. The minimum Gasteiger partial charge on any atom is -0.652 e. The van der Waals surface area contributed by atoms with Gasteiger partial charge in [0.2, 0.25) is 0 Å². The summed E-state index contributed by atoms with van der Waals surface area (Å²) in [5.74, 6) is 0. The van der Waals surface area contributed by atoms with Crippen LogP contribution in [-0.4, -0.2) is 6.16 Å². The maximum atomic E-state index is 8.33. The molecule has 0 bridgehead atoms. The van der Waals surface area contributed by atoms with E-state index in [9.17, 15) is 0 Å². The van der Waals surface area contributed by atoms with Gasteiger partial charge in [0.05, 0.1) is 0 Å². The Bertz CT molecular complexity index is 37.9. The minimum atomic E-state index is -2.33. The predicted molar refractivity (Wildman–Crippen MR) is 11.4 cm³/mol. The largest absolute Gasteiger partial charge is 2.00 e. The van der Waals surface area contributed by atoms with E-state index >= 15 is 0 Å². The summed E-state index contributed by atoms with van der Waals surface area (Å²) < 4.78 is 0. The normalized spacial score (nSPS) is 3.43. The van der Waals surface area contributed by atoms with E-state index in [0.717, 1.165) is 0 Å². The fourth-order valence-electron chi connectivity index (χ4n) is 0. The third-order valence-corrected chi connectivity index (χ3v) is 0. The zero-order chi connectivity index (χ0) is 3.58. The van der Waals surface area contributed by atoms with Crippen LogP contribution in [0.1, 0.15) is 0 Å². The van der Waals surface area contributed by atoms with Crippen molar-refractivity contribution in [2.24, 2.45) is 0 Å². The molecule has 0 radical (unpaired) electrons. The van der Waals surface area contributed by atoms with Crippen molar-refractivity contribution in [2.45, 2.75) is 0 Å². The van der Waals surface area contributed by atoms with Crippen molar-refractivity contribution in [1.29, 1.82) is 0 Å². The first-order chi connectivity index (χ1) is 1.73. The van der Waals surface area contributed by atoms with Crippen LogP contribution in [0, 0.1) is 0 Å². The Hall–Kier alpha value is 0.736. The summed E-state index contributed by atoms with van der Waals surface area (Å²) in [4.78, 5) is 8.33. The zero-order valence-electron chi connectivity index (χ0n) is 3.93. The summed E-state index contributed by atoms with van der Waals surface area (Å²) in [5, 5.41) is 16.7. The van der Waals surface area contributed by atoms with Crippen LogP contribution in [-0.2, 0) is 45.7 Å². The average Bonchev–Trinajstić information content (AvgIpc) is 0.811. The van der Waals surface area contributed by atoms with Crippen molar-refractivity contribution in [1.82, 2.24) is 6.15 Å². The van der Waals surface area contributed by atoms with Crippen molar-refractivity contribution in [3.63, 3.8) is 0 Å². The topological polar surface area (TPSA) is 99.7 Å². The molecular formula is CH4NO3ZnZr+3. The van der Waals surface area contributed by atoms with Gasteiger partial charge in [0.1, 0.15) is 0 Å². The molecule has 0 unspecified atom stereocenters. The van der Waals surface area contributed by atoms with Gasteiger partial charge in [-0.1, -0.05) is 0 Å². The first kappa shape index (κ1) is 25.1. The van der Waals surface area contributed by atoms with Gasteiger partial charge in [-0.2, -0.15) is 0 Å². The summed E-state index contributed by atoms with van der Waals surface area (Å²) in [5.41, 5.74) is 0. The molecule has 0 aromatic carbocycles. The van der Waals surface area contributed by atoms with Crippen molar-refractivity contribution in [2.75, 3.05) is 0 Å². The molecule has 0 atom stereocenters. The van der Waals surface area contributed by atoms with E-state index in [1.165, 1.54) is 0 Å². The Morgan fingerprint density at radius 3 is 1.29 bits per heavy atom. The number of hydrogen-bond acceptors (Lipinski definition) is 3. The third-order valence-electron chi connectivity index (χ3n) is 0. The molecule has 0 aliphatic carbocycles. The Morgan fingerprint density at radius 2 is 1.29 bits per heavy atom. The molecule has 0 aromatic rings. The number of hydrogen-bond donors (Lipinski definition) is 1. The van der Waals surface area contributed by atoms with Gasteiger partial charge in [0.25, 0.3) is 0 Å². The maximum absolute atomic E-state index is 8.33. The van der Waals surface area contributed by atoms with Gasteiger partial charge in [0.15, 0.2) is 0 Å². The molecule has 0 spiro atoms. The van der Waals surface area contributed by atoms with E-state index in [0.29, 0.717) is 0 Å². The van der Waals surface area contributed by atoms with E-state index in [2.05, 4.69) is 0 Å². The molecule has 0 aliphatic rings. The van der Waals surface area contributed by atoms with Gasteiger partial charge in [-0.05, 0) is 6.16 Å². The van der Waals surface area contributed by atoms with Crippen molar-refractivity contribution >= 4 is 6.16 Å². The Kier molecular flexibility index (Phi) is 57.0. The van der Waals surface area contributed by atoms with E-state index in [1.54, 1.807) is 0 Å². The summed E-state index contributed by atoms with van der Waals surface area (Å²) in [6, 6.07) is 0. The predicted octanol–water partition coefficient (Wildman–Crippen LogP) is -2.08. The molecule has 34 valence electrons. The van der Waals surface area contributed by atoms with E-state index in [-0.39, 0.29) is 51.8 Å². The van der Waals surface area contributed by atoms with Crippen LogP contribution in [0.15, 0.2) is 0 Å². The van der Waals surface area contributed by atoms with Crippen LogP contribution < -0.4 is 16.4 Å². The van der Waals surface area contributed by atoms with Gasteiger partial charge in [-0.15, -0.1) is 0 Å². The first-order valence-corrected chi connectivity index (χ1v) is 0.612. The second kappa shape index (κ2) is 15.9. The van der Waals surface area contributed by atoms with Crippen LogP contribution in [0.2, 0.25) is 0 Å². The summed E-state index contributed by atoms with van der Waals surface area (Å²) in [6.45, 7) is 0. The molecule has 0 aliphatic heterocycles. The van der Waals surface area contributed by atoms with E-state index in [4.69, 9.17) is 15.0 Å². The van der Waals surface area contributed by atoms with Gasteiger partial charge in [0, 0.05) is 0 Å².